The van der Waals surface area contributed by atoms with Crippen LogP contribution in [0.4, 0.5) is 5.69 Å². The summed E-state index contributed by atoms with van der Waals surface area (Å²) in [5.41, 5.74) is 5.67. The van der Waals surface area contributed by atoms with Crippen LogP contribution < -0.4 is 10.5 Å². The molecule has 1 aromatic rings. The molecule has 0 aliphatic rings. The molecule has 0 spiro atoms. The van der Waals surface area contributed by atoms with Gasteiger partial charge in [0, 0.05) is 21.7 Å². The number of hydrogen-bond acceptors (Lipinski definition) is 4. The molecule has 3 N–H and O–H groups in total. The molecule has 0 amide bonds. The molecular weight excluding hydrogens is 385 g/mol. The van der Waals surface area contributed by atoms with E-state index in [9.17, 15) is 14.7 Å². The summed E-state index contributed by atoms with van der Waals surface area (Å²) in [6.45, 7) is 5.56. The highest BCUT2D eigenvalue weighted by atomic mass is 127. The van der Waals surface area contributed by atoms with Gasteiger partial charge in [-0.3, -0.25) is 9.59 Å². The Labute approximate surface area is 138 Å². The van der Waals surface area contributed by atoms with Crippen LogP contribution in [0.2, 0.25) is 0 Å². The van der Waals surface area contributed by atoms with Crippen LogP contribution in [0.25, 0.3) is 0 Å². The minimum atomic E-state index is -1.08. The number of ether oxygens (including phenoxy) is 1. The predicted octanol–water partition coefficient (Wildman–Crippen LogP) is 3.35. The lowest BCUT2D eigenvalue weighted by atomic mass is 9.81. The standard InChI is InChI=1S/C15H20INO4/c1-4-15(3,14(19)20)8-12(18)9-6-10(16)11(17)7-13(9)21-5-2/h6-7H,4-5,8,17H2,1-3H3,(H,19,20)/t15-/m1/s1. The fourth-order valence-corrected chi connectivity index (χ4v) is 2.33. The van der Waals surface area contributed by atoms with Gasteiger partial charge in [-0.1, -0.05) is 6.92 Å². The van der Waals surface area contributed by atoms with Crippen molar-refractivity contribution < 1.29 is 19.4 Å². The maximum absolute atomic E-state index is 12.5. The molecule has 5 nitrogen and oxygen atoms in total. The maximum Gasteiger partial charge on any atom is 0.309 e. The zero-order valence-corrected chi connectivity index (χ0v) is 14.6. The molecule has 6 heteroatoms. The number of anilines is 1. The van der Waals surface area contributed by atoms with E-state index in [1.54, 1.807) is 26.0 Å². The van der Waals surface area contributed by atoms with E-state index in [1.807, 2.05) is 29.5 Å². The predicted molar refractivity (Wildman–Crippen MR) is 89.7 cm³/mol. The van der Waals surface area contributed by atoms with Crippen molar-refractivity contribution in [2.24, 2.45) is 5.41 Å². The average molecular weight is 405 g/mol. The summed E-state index contributed by atoms with van der Waals surface area (Å²) in [7, 11) is 0. The summed E-state index contributed by atoms with van der Waals surface area (Å²) >= 11 is 2.04. The third-order valence-electron chi connectivity index (χ3n) is 3.55. The van der Waals surface area contributed by atoms with Gasteiger partial charge in [0.2, 0.25) is 0 Å². The lowest BCUT2D eigenvalue weighted by Gasteiger charge is -2.22. The average Bonchev–Trinajstić information content (AvgIpc) is 2.42. The zero-order chi connectivity index (χ0) is 16.2. The van der Waals surface area contributed by atoms with Crippen molar-refractivity contribution in [2.45, 2.75) is 33.6 Å². The van der Waals surface area contributed by atoms with Crippen molar-refractivity contribution >= 4 is 40.0 Å². The summed E-state index contributed by atoms with van der Waals surface area (Å²) in [6.07, 6.45) is 0.309. The largest absolute Gasteiger partial charge is 0.493 e. The molecule has 0 saturated carbocycles. The summed E-state index contributed by atoms with van der Waals surface area (Å²) in [6, 6.07) is 3.27. The molecule has 21 heavy (non-hydrogen) atoms. The van der Waals surface area contributed by atoms with Gasteiger partial charge in [0.05, 0.1) is 17.6 Å². The molecule has 0 bridgehead atoms. The first-order chi connectivity index (χ1) is 9.75. The van der Waals surface area contributed by atoms with E-state index in [-0.39, 0.29) is 12.2 Å². The number of nitrogen functional groups attached to an aromatic ring is 1. The van der Waals surface area contributed by atoms with Crippen LogP contribution in [0.5, 0.6) is 5.75 Å². The molecule has 0 saturated heterocycles. The number of Topliss-reactive ketones (excluding diaryl/α,β-unsaturated/α-hetero) is 1. The first kappa shape index (κ1) is 17.7. The second-order valence-corrected chi connectivity index (χ2v) is 6.28. The highest BCUT2D eigenvalue weighted by molar-refractivity contribution is 14.1. The van der Waals surface area contributed by atoms with Crippen molar-refractivity contribution in [2.75, 3.05) is 12.3 Å². The van der Waals surface area contributed by atoms with Crippen LogP contribution in [0.1, 0.15) is 44.0 Å². The fraction of sp³-hybridized carbons (Fsp3) is 0.467. The molecule has 1 atom stereocenters. The number of aliphatic carboxylic acids is 1. The quantitative estimate of drug-likeness (QED) is 0.413. The summed E-state index contributed by atoms with van der Waals surface area (Å²) in [4.78, 5) is 23.8. The topological polar surface area (TPSA) is 89.6 Å². The molecule has 0 radical (unpaired) electrons. The zero-order valence-electron chi connectivity index (χ0n) is 12.4. The number of nitrogens with two attached hydrogens (primary N) is 1. The smallest absolute Gasteiger partial charge is 0.309 e. The highest BCUT2D eigenvalue weighted by Gasteiger charge is 2.34. The van der Waals surface area contributed by atoms with Crippen LogP contribution in [-0.4, -0.2) is 23.5 Å². The minimum Gasteiger partial charge on any atom is -0.493 e. The monoisotopic (exact) mass is 405 g/mol. The number of benzene rings is 1. The Balaban J connectivity index is 3.17. The van der Waals surface area contributed by atoms with Crippen LogP contribution in [0.15, 0.2) is 12.1 Å². The van der Waals surface area contributed by atoms with Crippen LogP contribution in [-0.2, 0) is 4.79 Å². The van der Waals surface area contributed by atoms with Gasteiger partial charge in [-0.2, -0.15) is 0 Å². The molecule has 0 aliphatic carbocycles. The van der Waals surface area contributed by atoms with Gasteiger partial charge >= 0.3 is 5.97 Å². The van der Waals surface area contributed by atoms with Gasteiger partial charge in [0.25, 0.3) is 0 Å². The van der Waals surface area contributed by atoms with Crippen molar-refractivity contribution in [1.82, 2.24) is 0 Å². The Bertz CT molecular complexity index is 559. The van der Waals surface area contributed by atoms with Gasteiger partial charge in [0.15, 0.2) is 5.78 Å². The normalized spacial score (nSPS) is 13.5. The van der Waals surface area contributed by atoms with Crippen molar-refractivity contribution in [3.05, 3.63) is 21.3 Å². The van der Waals surface area contributed by atoms with E-state index >= 15 is 0 Å². The van der Waals surface area contributed by atoms with E-state index in [1.165, 1.54) is 0 Å². The Kier molecular flexibility index (Phi) is 6.00. The van der Waals surface area contributed by atoms with Crippen molar-refractivity contribution in [3.8, 4) is 5.75 Å². The first-order valence-corrected chi connectivity index (χ1v) is 7.81. The Morgan fingerprint density at radius 1 is 1.38 bits per heavy atom. The maximum atomic E-state index is 12.5. The van der Waals surface area contributed by atoms with E-state index < -0.39 is 11.4 Å². The van der Waals surface area contributed by atoms with E-state index in [0.717, 1.165) is 3.57 Å². The lowest BCUT2D eigenvalue weighted by molar-refractivity contribution is -0.148. The molecule has 0 aromatic heterocycles. The molecule has 0 heterocycles. The summed E-state index contributed by atoms with van der Waals surface area (Å²) in [5.74, 6) is -0.811. The number of rotatable bonds is 7. The second kappa shape index (κ2) is 7.11. The highest BCUT2D eigenvalue weighted by Crippen LogP contribution is 2.33. The number of carboxylic acid groups (broad SMARTS) is 1. The van der Waals surface area contributed by atoms with Crippen LogP contribution in [0.3, 0.4) is 0 Å². The van der Waals surface area contributed by atoms with Gasteiger partial charge in [-0.15, -0.1) is 0 Å². The summed E-state index contributed by atoms with van der Waals surface area (Å²) < 4.78 is 6.19. The molecule has 0 aliphatic heterocycles. The van der Waals surface area contributed by atoms with Crippen LogP contribution in [0, 0.1) is 8.99 Å². The number of halogens is 1. The molecule has 0 unspecified atom stereocenters. The van der Waals surface area contributed by atoms with Gasteiger partial charge < -0.3 is 15.6 Å². The summed E-state index contributed by atoms with van der Waals surface area (Å²) in [5, 5.41) is 9.29. The molecule has 116 valence electrons. The number of carbonyl (C=O) groups excluding carboxylic acids is 1. The molecule has 0 fully saturated rings. The third-order valence-corrected chi connectivity index (χ3v) is 4.48. The molecule has 1 aromatic carbocycles. The van der Waals surface area contributed by atoms with Gasteiger partial charge in [0.1, 0.15) is 5.75 Å². The first-order valence-electron chi connectivity index (χ1n) is 6.73. The van der Waals surface area contributed by atoms with E-state index in [0.29, 0.717) is 30.0 Å². The van der Waals surface area contributed by atoms with Crippen LogP contribution >= 0.6 is 22.6 Å². The van der Waals surface area contributed by atoms with E-state index in [2.05, 4.69) is 0 Å². The fourth-order valence-electron chi connectivity index (χ4n) is 1.86. The third kappa shape index (κ3) is 4.09. The molecule has 1 rings (SSSR count). The Morgan fingerprint density at radius 3 is 2.48 bits per heavy atom. The van der Waals surface area contributed by atoms with E-state index in [4.69, 9.17) is 10.5 Å². The van der Waals surface area contributed by atoms with Gasteiger partial charge in [-0.25, -0.2) is 0 Å². The SMILES string of the molecule is CCOc1cc(N)c(I)cc1C(=O)C[C@@](C)(CC)C(=O)O. The number of ketones is 1. The Morgan fingerprint density at radius 2 is 2.00 bits per heavy atom. The molecular formula is C15H20INO4. The van der Waals surface area contributed by atoms with Gasteiger partial charge in [-0.05, 0) is 48.9 Å². The second-order valence-electron chi connectivity index (χ2n) is 5.12. The lowest BCUT2D eigenvalue weighted by Crippen LogP contribution is -2.30. The van der Waals surface area contributed by atoms with Crippen molar-refractivity contribution in [1.29, 1.82) is 0 Å². The Hall–Kier alpha value is -1.31. The van der Waals surface area contributed by atoms with Crippen molar-refractivity contribution in [3.63, 3.8) is 0 Å². The number of carbonyl (C=O) groups is 2. The number of hydrogen-bond donors (Lipinski definition) is 2. The number of carboxylic acids is 1. The minimum absolute atomic E-state index is 0.0705.